The summed E-state index contributed by atoms with van der Waals surface area (Å²) in [5, 5.41) is 2.59. The SMILES string of the molecule is CC[C@@H](c1ccccc1)[C@@H]1CCCCC[NH2+]1. The molecule has 1 aromatic carbocycles. The number of nitrogens with two attached hydrogens (primary N) is 1. The molecule has 1 saturated heterocycles. The standard InChI is InChI=1S/C15H23N/c1-2-14(13-9-5-3-6-10-13)15-11-7-4-8-12-16-15/h3,5-6,9-10,14-16H,2,4,7-8,11-12H2,1H3/p+1/t14-,15-/m0/s1. The Bertz CT molecular complexity index is 286. The van der Waals surface area contributed by atoms with E-state index in [9.17, 15) is 0 Å². The Morgan fingerprint density at radius 1 is 1.19 bits per heavy atom. The van der Waals surface area contributed by atoms with Gasteiger partial charge < -0.3 is 5.32 Å². The molecule has 1 aliphatic rings. The second-order valence-electron chi connectivity index (χ2n) is 4.96. The van der Waals surface area contributed by atoms with Crippen LogP contribution in [-0.2, 0) is 0 Å². The van der Waals surface area contributed by atoms with E-state index in [1.54, 1.807) is 0 Å². The molecular weight excluding hydrogens is 194 g/mol. The van der Waals surface area contributed by atoms with E-state index in [0.29, 0.717) is 0 Å². The Labute approximate surface area is 99.3 Å². The summed E-state index contributed by atoms with van der Waals surface area (Å²) in [5.41, 5.74) is 1.54. The van der Waals surface area contributed by atoms with Gasteiger partial charge in [0.1, 0.15) is 0 Å². The Morgan fingerprint density at radius 2 is 2.00 bits per heavy atom. The number of quaternary nitrogens is 1. The quantitative estimate of drug-likeness (QED) is 0.803. The van der Waals surface area contributed by atoms with E-state index in [-0.39, 0.29) is 0 Å². The van der Waals surface area contributed by atoms with Gasteiger partial charge in [0.15, 0.2) is 0 Å². The molecule has 1 fully saturated rings. The van der Waals surface area contributed by atoms with Crippen LogP contribution >= 0.6 is 0 Å². The van der Waals surface area contributed by atoms with Crippen LogP contribution < -0.4 is 5.32 Å². The van der Waals surface area contributed by atoms with Crippen LogP contribution in [0.2, 0.25) is 0 Å². The van der Waals surface area contributed by atoms with Crippen LogP contribution in [0, 0.1) is 0 Å². The van der Waals surface area contributed by atoms with Crippen LogP contribution in [0.5, 0.6) is 0 Å². The van der Waals surface area contributed by atoms with E-state index in [1.807, 2.05) is 0 Å². The summed E-state index contributed by atoms with van der Waals surface area (Å²) < 4.78 is 0. The molecule has 2 atom stereocenters. The Morgan fingerprint density at radius 3 is 2.75 bits per heavy atom. The lowest BCUT2D eigenvalue weighted by molar-refractivity contribution is -0.691. The first kappa shape index (κ1) is 11.7. The Hall–Kier alpha value is -0.820. The molecule has 0 spiro atoms. The third kappa shape index (κ3) is 2.85. The average Bonchev–Trinajstić information content (AvgIpc) is 2.61. The maximum atomic E-state index is 2.59. The van der Waals surface area contributed by atoms with E-state index >= 15 is 0 Å². The van der Waals surface area contributed by atoms with Crippen LogP contribution in [0.15, 0.2) is 30.3 Å². The molecule has 1 heteroatoms. The van der Waals surface area contributed by atoms with Crippen molar-refractivity contribution in [3.8, 4) is 0 Å². The van der Waals surface area contributed by atoms with Crippen molar-refractivity contribution in [2.24, 2.45) is 0 Å². The van der Waals surface area contributed by atoms with Crippen molar-refractivity contribution >= 4 is 0 Å². The fourth-order valence-corrected chi connectivity index (χ4v) is 3.00. The maximum Gasteiger partial charge on any atom is 0.0928 e. The maximum absolute atomic E-state index is 2.59. The summed E-state index contributed by atoms with van der Waals surface area (Å²) in [4.78, 5) is 0. The Kier molecular flexibility index (Phi) is 4.41. The highest BCUT2D eigenvalue weighted by Crippen LogP contribution is 2.25. The summed E-state index contributed by atoms with van der Waals surface area (Å²) >= 11 is 0. The van der Waals surface area contributed by atoms with Crippen molar-refractivity contribution in [2.45, 2.75) is 51.0 Å². The highest BCUT2D eigenvalue weighted by molar-refractivity contribution is 5.20. The summed E-state index contributed by atoms with van der Waals surface area (Å²) in [6.07, 6.45) is 6.92. The van der Waals surface area contributed by atoms with Crippen molar-refractivity contribution in [2.75, 3.05) is 6.54 Å². The van der Waals surface area contributed by atoms with Crippen molar-refractivity contribution < 1.29 is 5.32 Å². The first-order valence-corrected chi connectivity index (χ1v) is 6.80. The normalized spacial score (nSPS) is 23.7. The van der Waals surface area contributed by atoms with Gasteiger partial charge in [-0.3, -0.25) is 0 Å². The van der Waals surface area contributed by atoms with E-state index in [2.05, 4.69) is 42.6 Å². The number of benzene rings is 1. The lowest BCUT2D eigenvalue weighted by Crippen LogP contribution is -2.90. The van der Waals surface area contributed by atoms with Crippen molar-refractivity contribution in [1.82, 2.24) is 0 Å². The van der Waals surface area contributed by atoms with Crippen LogP contribution in [0.1, 0.15) is 50.5 Å². The van der Waals surface area contributed by atoms with Gasteiger partial charge in [-0.15, -0.1) is 0 Å². The minimum atomic E-state index is 0.749. The van der Waals surface area contributed by atoms with E-state index < -0.39 is 0 Å². The van der Waals surface area contributed by atoms with Gasteiger partial charge in [0, 0.05) is 5.92 Å². The fourth-order valence-electron chi connectivity index (χ4n) is 3.00. The predicted octanol–water partition coefficient (Wildman–Crippen LogP) is 2.69. The molecule has 0 aliphatic carbocycles. The molecule has 0 saturated carbocycles. The van der Waals surface area contributed by atoms with Crippen LogP contribution in [-0.4, -0.2) is 12.6 Å². The lowest BCUT2D eigenvalue weighted by Gasteiger charge is -2.23. The summed E-state index contributed by atoms with van der Waals surface area (Å²) in [6.45, 7) is 3.66. The molecule has 0 unspecified atom stereocenters. The lowest BCUT2D eigenvalue weighted by atomic mass is 9.87. The molecule has 0 amide bonds. The first-order chi connectivity index (χ1) is 7.92. The molecule has 0 bridgehead atoms. The van der Waals surface area contributed by atoms with E-state index in [4.69, 9.17) is 0 Å². The highest BCUT2D eigenvalue weighted by Gasteiger charge is 2.25. The largest absolute Gasteiger partial charge is 0.343 e. The molecular formula is C15H24N+. The van der Waals surface area contributed by atoms with Gasteiger partial charge in [0.05, 0.1) is 12.6 Å². The smallest absolute Gasteiger partial charge is 0.0928 e. The fraction of sp³-hybridized carbons (Fsp3) is 0.600. The van der Waals surface area contributed by atoms with Gasteiger partial charge in [-0.25, -0.2) is 0 Å². The van der Waals surface area contributed by atoms with E-state index in [1.165, 1.54) is 44.2 Å². The van der Waals surface area contributed by atoms with Crippen LogP contribution in [0.4, 0.5) is 0 Å². The zero-order chi connectivity index (χ0) is 11.2. The predicted molar refractivity (Wildman–Crippen MR) is 68.5 cm³/mol. The van der Waals surface area contributed by atoms with Crippen molar-refractivity contribution in [1.29, 1.82) is 0 Å². The monoisotopic (exact) mass is 218 g/mol. The third-order valence-corrected chi connectivity index (χ3v) is 3.90. The van der Waals surface area contributed by atoms with Crippen molar-refractivity contribution in [3.63, 3.8) is 0 Å². The molecule has 0 aromatic heterocycles. The molecule has 2 rings (SSSR count). The van der Waals surface area contributed by atoms with Crippen molar-refractivity contribution in [3.05, 3.63) is 35.9 Å². The Balaban J connectivity index is 2.09. The van der Waals surface area contributed by atoms with Gasteiger partial charge in [-0.05, 0) is 37.7 Å². The zero-order valence-corrected chi connectivity index (χ0v) is 10.4. The topological polar surface area (TPSA) is 16.6 Å². The number of rotatable bonds is 3. The first-order valence-electron chi connectivity index (χ1n) is 6.80. The molecule has 2 N–H and O–H groups in total. The zero-order valence-electron chi connectivity index (χ0n) is 10.4. The minimum Gasteiger partial charge on any atom is -0.343 e. The molecule has 88 valence electrons. The summed E-state index contributed by atoms with van der Waals surface area (Å²) in [7, 11) is 0. The molecule has 1 heterocycles. The van der Waals surface area contributed by atoms with E-state index in [0.717, 1.165) is 12.0 Å². The van der Waals surface area contributed by atoms with Crippen LogP contribution in [0.3, 0.4) is 0 Å². The molecule has 1 nitrogen and oxygen atoms in total. The summed E-state index contributed by atoms with van der Waals surface area (Å²) in [5.74, 6) is 0.749. The molecule has 16 heavy (non-hydrogen) atoms. The molecule has 1 aliphatic heterocycles. The van der Waals surface area contributed by atoms with Gasteiger partial charge >= 0.3 is 0 Å². The molecule has 0 radical (unpaired) electrons. The number of hydrogen-bond acceptors (Lipinski definition) is 0. The third-order valence-electron chi connectivity index (χ3n) is 3.90. The average molecular weight is 218 g/mol. The van der Waals surface area contributed by atoms with Gasteiger partial charge in [0.2, 0.25) is 0 Å². The van der Waals surface area contributed by atoms with Gasteiger partial charge in [-0.1, -0.05) is 37.3 Å². The molecule has 1 aromatic rings. The minimum absolute atomic E-state index is 0.749. The second kappa shape index (κ2) is 6.05. The van der Waals surface area contributed by atoms with Crippen LogP contribution in [0.25, 0.3) is 0 Å². The van der Waals surface area contributed by atoms with Gasteiger partial charge in [-0.2, -0.15) is 0 Å². The number of hydrogen-bond donors (Lipinski definition) is 1. The summed E-state index contributed by atoms with van der Waals surface area (Å²) in [6, 6.07) is 11.9. The second-order valence-corrected chi connectivity index (χ2v) is 4.96. The van der Waals surface area contributed by atoms with Gasteiger partial charge in [0.25, 0.3) is 0 Å². The highest BCUT2D eigenvalue weighted by atomic mass is 14.9.